The van der Waals surface area contributed by atoms with Crippen molar-refractivity contribution in [1.29, 1.82) is 0 Å². The van der Waals surface area contributed by atoms with Crippen molar-refractivity contribution in [2.45, 2.75) is 0 Å². The number of imide groups is 1. The summed E-state index contributed by atoms with van der Waals surface area (Å²) in [7, 11) is 0. The zero-order chi connectivity index (χ0) is 15.1. The Kier molecular flexibility index (Phi) is 2.99. The molecule has 1 N–H and O–H groups in total. The molecule has 0 saturated heterocycles. The van der Waals surface area contributed by atoms with Crippen LogP contribution in [0.15, 0.2) is 42.5 Å². The van der Waals surface area contributed by atoms with Crippen LogP contribution in [0.5, 0.6) is 0 Å². The number of carbonyl (C=O) groups excluding carboxylic acids is 2. The van der Waals surface area contributed by atoms with Crippen LogP contribution in [-0.4, -0.2) is 22.9 Å². The second-order valence-corrected chi connectivity index (χ2v) is 4.87. The Balaban J connectivity index is 2.13. The van der Waals surface area contributed by atoms with Crippen molar-refractivity contribution in [1.82, 2.24) is 0 Å². The van der Waals surface area contributed by atoms with Gasteiger partial charge in [0, 0.05) is 0 Å². The molecule has 1 heterocycles. The Morgan fingerprint density at radius 1 is 1.00 bits per heavy atom. The summed E-state index contributed by atoms with van der Waals surface area (Å²) in [5.74, 6) is -2.25. The summed E-state index contributed by atoms with van der Waals surface area (Å²) in [6.45, 7) is 0. The van der Waals surface area contributed by atoms with Crippen LogP contribution in [-0.2, 0) is 0 Å². The molecule has 1 aliphatic rings. The zero-order valence-corrected chi connectivity index (χ0v) is 11.3. The monoisotopic (exact) mass is 301 g/mol. The molecule has 0 atom stereocenters. The summed E-state index contributed by atoms with van der Waals surface area (Å²) < 4.78 is 0. The van der Waals surface area contributed by atoms with Crippen LogP contribution in [0.4, 0.5) is 5.69 Å². The second-order valence-electron chi connectivity index (χ2n) is 4.46. The third-order valence-corrected chi connectivity index (χ3v) is 3.55. The molecular weight excluding hydrogens is 294 g/mol. The number of para-hydroxylation sites is 1. The number of aromatic carboxylic acids is 1. The molecule has 21 heavy (non-hydrogen) atoms. The first kappa shape index (κ1) is 13.3. The van der Waals surface area contributed by atoms with Gasteiger partial charge in [0.2, 0.25) is 0 Å². The largest absolute Gasteiger partial charge is 0.478 e. The van der Waals surface area contributed by atoms with Crippen molar-refractivity contribution in [2.24, 2.45) is 0 Å². The van der Waals surface area contributed by atoms with E-state index in [4.69, 9.17) is 16.7 Å². The van der Waals surface area contributed by atoms with Gasteiger partial charge in [-0.1, -0.05) is 23.7 Å². The molecule has 6 heteroatoms. The van der Waals surface area contributed by atoms with Crippen molar-refractivity contribution >= 4 is 35.1 Å². The van der Waals surface area contributed by atoms with Crippen molar-refractivity contribution in [3.8, 4) is 0 Å². The van der Waals surface area contributed by atoms with E-state index in [2.05, 4.69) is 0 Å². The topological polar surface area (TPSA) is 74.7 Å². The summed E-state index contributed by atoms with van der Waals surface area (Å²) in [4.78, 5) is 36.6. The smallest absolute Gasteiger partial charge is 0.335 e. The molecule has 0 unspecified atom stereocenters. The maximum absolute atomic E-state index is 12.4. The van der Waals surface area contributed by atoms with Gasteiger partial charge in [0.1, 0.15) is 0 Å². The number of benzene rings is 2. The highest BCUT2D eigenvalue weighted by Crippen LogP contribution is 2.33. The minimum Gasteiger partial charge on any atom is -0.478 e. The van der Waals surface area contributed by atoms with Gasteiger partial charge in [-0.05, 0) is 30.3 Å². The molecule has 0 spiro atoms. The Morgan fingerprint density at radius 3 is 2.33 bits per heavy atom. The normalized spacial score (nSPS) is 13.5. The lowest BCUT2D eigenvalue weighted by atomic mass is 10.1. The van der Waals surface area contributed by atoms with Crippen molar-refractivity contribution in [3.63, 3.8) is 0 Å². The number of hydrogen-bond donors (Lipinski definition) is 1. The predicted molar refractivity (Wildman–Crippen MR) is 76.0 cm³/mol. The molecule has 2 amide bonds. The highest BCUT2D eigenvalue weighted by Gasteiger charge is 2.37. The molecule has 0 aliphatic carbocycles. The first-order valence-electron chi connectivity index (χ1n) is 6.01. The fourth-order valence-corrected chi connectivity index (χ4v) is 2.45. The zero-order valence-electron chi connectivity index (χ0n) is 10.5. The third-order valence-electron chi connectivity index (χ3n) is 3.23. The number of hydrogen-bond acceptors (Lipinski definition) is 3. The van der Waals surface area contributed by atoms with Crippen molar-refractivity contribution in [2.75, 3.05) is 4.90 Å². The highest BCUT2D eigenvalue weighted by atomic mass is 35.5. The van der Waals surface area contributed by atoms with Crippen LogP contribution in [0, 0.1) is 0 Å². The van der Waals surface area contributed by atoms with Crippen molar-refractivity contribution in [3.05, 3.63) is 64.2 Å². The molecule has 3 rings (SSSR count). The molecular formula is C15H8ClNO4. The summed E-state index contributed by atoms with van der Waals surface area (Å²) in [5, 5.41) is 9.23. The summed E-state index contributed by atoms with van der Waals surface area (Å²) in [6.07, 6.45) is 0. The van der Waals surface area contributed by atoms with Crippen molar-refractivity contribution < 1.29 is 19.5 Å². The molecule has 0 saturated carbocycles. The minimum atomic E-state index is -1.16. The number of carbonyl (C=O) groups is 3. The average molecular weight is 302 g/mol. The molecule has 2 aromatic carbocycles. The van der Waals surface area contributed by atoms with Gasteiger partial charge in [-0.3, -0.25) is 9.59 Å². The molecule has 0 bridgehead atoms. The van der Waals surface area contributed by atoms with E-state index < -0.39 is 17.8 Å². The van der Waals surface area contributed by atoms with E-state index in [1.54, 1.807) is 24.3 Å². The lowest BCUT2D eigenvalue weighted by Crippen LogP contribution is -2.29. The van der Waals surface area contributed by atoms with E-state index in [9.17, 15) is 14.4 Å². The number of rotatable bonds is 2. The third kappa shape index (κ3) is 1.98. The Labute approximate surface area is 124 Å². The van der Waals surface area contributed by atoms with Crippen LogP contribution >= 0.6 is 11.6 Å². The Morgan fingerprint density at radius 2 is 1.67 bits per heavy atom. The molecule has 2 aromatic rings. The van der Waals surface area contributed by atoms with E-state index in [1.165, 1.54) is 18.2 Å². The standard InChI is InChI=1S/C15H8ClNO4/c16-11-3-1-2-4-12(11)17-13(18)9-6-5-8(15(20)21)7-10(9)14(17)19/h1-7H,(H,20,21). The van der Waals surface area contributed by atoms with E-state index in [-0.39, 0.29) is 27.4 Å². The molecule has 0 fully saturated rings. The number of fused-ring (bicyclic) bond motifs is 1. The van der Waals surface area contributed by atoms with Crippen LogP contribution in [0.25, 0.3) is 0 Å². The SMILES string of the molecule is O=C(O)c1ccc2c(c1)C(=O)N(c1ccccc1Cl)C2=O. The maximum atomic E-state index is 12.4. The van der Waals surface area contributed by atoms with E-state index >= 15 is 0 Å². The fraction of sp³-hybridized carbons (Fsp3) is 0. The minimum absolute atomic E-state index is 0.0455. The Hall–Kier alpha value is -2.66. The maximum Gasteiger partial charge on any atom is 0.335 e. The number of halogens is 1. The van der Waals surface area contributed by atoms with Gasteiger partial charge in [-0.25, -0.2) is 9.69 Å². The molecule has 0 aromatic heterocycles. The van der Waals surface area contributed by atoms with Crippen LogP contribution in [0.1, 0.15) is 31.1 Å². The van der Waals surface area contributed by atoms with Gasteiger partial charge in [0.15, 0.2) is 0 Å². The van der Waals surface area contributed by atoms with Gasteiger partial charge in [0.05, 0.1) is 27.4 Å². The van der Waals surface area contributed by atoms with Gasteiger partial charge >= 0.3 is 5.97 Å². The summed E-state index contributed by atoms with van der Waals surface area (Å²) >= 11 is 6.02. The van der Waals surface area contributed by atoms with Gasteiger partial charge in [-0.2, -0.15) is 0 Å². The van der Waals surface area contributed by atoms with Gasteiger partial charge in [-0.15, -0.1) is 0 Å². The quantitative estimate of drug-likeness (QED) is 0.866. The van der Waals surface area contributed by atoms with Gasteiger partial charge < -0.3 is 5.11 Å². The first-order chi connectivity index (χ1) is 10.0. The molecule has 0 radical (unpaired) electrons. The molecule has 1 aliphatic heterocycles. The molecule has 5 nitrogen and oxygen atoms in total. The van der Waals surface area contributed by atoms with Crippen LogP contribution in [0.2, 0.25) is 5.02 Å². The first-order valence-corrected chi connectivity index (χ1v) is 6.39. The number of carboxylic acid groups (broad SMARTS) is 1. The number of amides is 2. The second kappa shape index (κ2) is 4.71. The summed E-state index contributed by atoms with van der Waals surface area (Å²) in [6, 6.07) is 10.3. The highest BCUT2D eigenvalue weighted by molar-refractivity contribution is 6.39. The van der Waals surface area contributed by atoms with E-state index in [1.807, 2.05) is 0 Å². The van der Waals surface area contributed by atoms with Crippen LogP contribution < -0.4 is 4.90 Å². The lowest BCUT2D eigenvalue weighted by molar-refractivity contribution is 0.0696. The van der Waals surface area contributed by atoms with E-state index in [0.29, 0.717) is 0 Å². The number of anilines is 1. The average Bonchev–Trinajstić information content (AvgIpc) is 2.71. The molecule has 104 valence electrons. The number of carboxylic acids is 1. The van der Waals surface area contributed by atoms with E-state index in [0.717, 1.165) is 4.90 Å². The van der Waals surface area contributed by atoms with Gasteiger partial charge in [0.25, 0.3) is 11.8 Å². The lowest BCUT2D eigenvalue weighted by Gasteiger charge is -2.15. The predicted octanol–water partition coefficient (Wildman–Crippen LogP) is 2.84. The fourth-order valence-electron chi connectivity index (χ4n) is 2.23. The number of nitrogens with zero attached hydrogens (tertiary/aromatic N) is 1. The van der Waals surface area contributed by atoms with Crippen LogP contribution in [0.3, 0.4) is 0 Å². The summed E-state index contributed by atoms with van der Waals surface area (Å²) in [5.41, 5.74) is 0.475. The Bertz CT molecular complexity index is 800.